The topological polar surface area (TPSA) is 26.3 Å². The Kier molecular flexibility index (Phi) is 3.55. The summed E-state index contributed by atoms with van der Waals surface area (Å²) in [4.78, 5) is 11.3. The summed E-state index contributed by atoms with van der Waals surface area (Å²) in [5, 5.41) is 0.590. The molecule has 0 aliphatic rings. The summed E-state index contributed by atoms with van der Waals surface area (Å²) in [5.41, 5.74) is 1.29. The number of halogens is 2. The Morgan fingerprint density at radius 2 is 2.15 bits per heavy atom. The number of carbonyl (C=O) groups excluding carboxylic acids is 1. The zero-order chi connectivity index (χ0) is 10.0. The van der Waals surface area contributed by atoms with Gasteiger partial charge in [-0.1, -0.05) is 11.6 Å². The summed E-state index contributed by atoms with van der Waals surface area (Å²) in [6.07, 6.45) is 0. The van der Waals surface area contributed by atoms with Crippen molar-refractivity contribution >= 4 is 40.2 Å². The predicted molar refractivity (Wildman–Crippen MR) is 60.2 cm³/mol. The molecule has 0 radical (unpaired) electrons. The Balaban J connectivity index is 3.28. The van der Waals surface area contributed by atoms with Gasteiger partial charge in [0.25, 0.3) is 0 Å². The first-order valence-corrected chi connectivity index (χ1v) is 5.06. The lowest BCUT2D eigenvalue weighted by atomic mass is 10.1. The zero-order valence-corrected chi connectivity index (χ0v) is 10.1. The van der Waals surface area contributed by atoms with Gasteiger partial charge in [0.15, 0.2) is 0 Å². The molecule has 0 saturated carbocycles. The largest absolute Gasteiger partial charge is 0.465 e. The molecule has 0 saturated heterocycles. The van der Waals surface area contributed by atoms with E-state index in [1.165, 1.54) is 7.11 Å². The lowest BCUT2D eigenvalue weighted by molar-refractivity contribution is 0.0600. The van der Waals surface area contributed by atoms with Crippen LogP contribution in [0.3, 0.4) is 0 Å². The molecular weight excluding hydrogens is 302 g/mol. The van der Waals surface area contributed by atoms with Crippen molar-refractivity contribution in [2.75, 3.05) is 7.11 Å². The highest BCUT2D eigenvalue weighted by atomic mass is 127. The van der Waals surface area contributed by atoms with Crippen LogP contribution in [0.4, 0.5) is 0 Å². The molecule has 1 rings (SSSR count). The highest BCUT2D eigenvalue weighted by Crippen LogP contribution is 2.23. The van der Waals surface area contributed by atoms with Crippen LogP contribution in [0.15, 0.2) is 12.1 Å². The summed E-state index contributed by atoms with van der Waals surface area (Å²) in [5.74, 6) is -0.349. The lowest BCUT2D eigenvalue weighted by Gasteiger charge is -2.05. The van der Waals surface area contributed by atoms with Crippen molar-refractivity contribution in [2.45, 2.75) is 6.92 Å². The molecule has 0 aliphatic heterocycles. The van der Waals surface area contributed by atoms with Gasteiger partial charge >= 0.3 is 5.97 Å². The van der Waals surface area contributed by atoms with E-state index in [1.54, 1.807) is 13.0 Å². The van der Waals surface area contributed by atoms with Crippen molar-refractivity contribution in [2.24, 2.45) is 0 Å². The number of hydrogen-bond acceptors (Lipinski definition) is 2. The Bertz CT molecular complexity index is 350. The highest BCUT2D eigenvalue weighted by Gasteiger charge is 2.12. The Labute approximate surface area is 95.4 Å². The first-order chi connectivity index (χ1) is 6.06. The van der Waals surface area contributed by atoms with Gasteiger partial charge in [-0.2, -0.15) is 0 Å². The number of carbonyl (C=O) groups is 1. The Morgan fingerprint density at radius 3 is 2.69 bits per heavy atom. The fraction of sp³-hybridized carbons (Fsp3) is 0.222. The van der Waals surface area contributed by atoms with Crippen LogP contribution in [0, 0.1) is 10.5 Å². The minimum atomic E-state index is -0.349. The van der Waals surface area contributed by atoms with Gasteiger partial charge in [0.1, 0.15) is 0 Å². The van der Waals surface area contributed by atoms with E-state index in [0.717, 1.165) is 9.13 Å². The van der Waals surface area contributed by atoms with Crippen LogP contribution >= 0.6 is 34.2 Å². The molecule has 0 unspecified atom stereocenters. The van der Waals surface area contributed by atoms with E-state index in [9.17, 15) is 4.79 Å². The maximum Gasteiger partial charge on any atom is 0.338 e. The molecule has 2 nitrogen and oxygen atoms in total. The molecule has 0 heterocycles. The van der Waals surface area contributed by atoms with Crippen molar-refractivity contribution in [3.05, 3.63) is 31.9 Å². The summed E-state index contributed by atoms with van der Waals surface area (Å²) in [7, 11) is 1.36. The van der Waals surface area contributed by atoms with Gasteiger partial charge in [0.05, 0.1) is 12.7 Å². The Morgan fingerprint density at radius 1 is 1.54 bits per heavy atom. The molecule has 1 aromatic rings. The number of methoxy groups -OCH3 is 1. The minimum absolute atomic E-state index is 0.349. The van der Waals surface area contributed by atoms with Gasteiger partial charge in [-0.25, -0.2) is 4.79 Å². The molecule has 0 N–H and O–H groups in total. The summed E-state index contributed by atoms with van der Waals surface area (Å²) in [6, 6.07) is 3.57. The van der Waals surface area contributed by atoms with Crippen LogP contribution < -0.4 is 0 Å². The van der Waals surface area contributed by atoms with Crippen molar-refractivity contribution in [3.8, 4) is 0 Å². The van der Waals surface area contributed by atoms with E-state index in [0.29, 0.717) is 10.6 Å². The second-order valence-electron chi connectivity index (χ2n) is 2.55. The second kappa shape index (κ2) is 4.28. The SMILES string of the molecule is COC(=O)c1cc(I)cc(Cl)c1C. The fourth-order valence-electron chi connectivity index (χ4n) is 0.968. The highest BCUT2D eigenvalue weighted by molar-refractivity contribution is 14.1. The van der Waals surface area contributed by atoms with Gasteiger partial charge in [0, 0.05) is 8.59 Å². The molecule has 0 aliphatic carbocycles. The normalized spacial score (nSPS) is 9.85. The number of rotatable bonds is 1. The van der Waals surface area contributed by atoms with Crippen LogP contribution in [-0.2, 0) is 4.74 Å². The van der Waals surface area contributed by atoms with Gasteiger partial charge in [-0.15, -0.1) is 0 Å². The number of benzene rings is 1. The quantitative estimate of drug-likeness (QED) is 0.589. The van der Waals surface area contributed by atoms with Crippen LogP contribution in [-0.4, -0.2) is 13.1 Å². The van der Waals surface area contributed by atoms with E-state index >= 15 is 0 Å². The third kappa shape index (κ3) is 2.34. The van der Waals surface area contributed by atoms with E-state index in [1.807, 2.05) is 6.07 Å². The van der Waals surface area contributed by atoms with Gasteiger partial charge in [0.2, 0.25) is 0 Å². The molecule has 0 spiro atoms. The van der Waals surface area contributed by atoms with Crippen molar-refractivity contribution < 1.29 is 9.53 Å². The first kappa shape index (κ1) is 10.8. The van der Waals surface area contributed by atoms with Crippen molar-refractivity contribution in [1.82, 2.24) is 0 Å². The van der Waals surface area contributed by atoms with Crippen LogP contribution in [0.5, 0.6) is 0 Å². The predicted octanol–water partition coefficient (Wildman–Crippen LogP) is 3.04. The van der Waals surface area contributed by atoms with E-state index in [4.69, 9.17) is 11.6 Å². The number of esters is 1. The number of hydrogen-bond donors (Lipinski definition) is 0. The van der Waals surface area contributed by atoms with Gasteiger partial charge < -0.3 is 4.74 Å². The summed E-state index contributed by atoms with van der Waals surface area (Å²) in [6.45, 7) is 1.80. The molecule has 0 aromatic heterocycles. The minimum Gasteiger partial charge on any atom is -0.465 e. The first-order valence-electron chi connectivity index (χ1n) is 3.60. The van der Waals surface area contributed by atoms with Crippen molar-refractivity contribution in [3.63, 3.8) is 0 Å². The molecule has 13 heavy (non-hydrogen) atoms. The van der Waals surface area contributed by atoms with Crippen LogP contribution in [0.1, 0.15) is 15.9 Å². The maximum absolute atomic E-state index is 11.3. The average molecular weight is 311 g/mol. The van der Waals surface area contributed by atoms with E-state index in [2.05, 4.69) is 27.3 Å². The van der Waals surface area contributed by atoms with Crippen LogP contribution in [0.2, 0.25) is 5.02 Å². The smallest absolute Gasteiger partial charge is 0.338 e. The Hall–Kier alpha value is -0.290. The van der Waals surface area contributed by atoms with E-state index < -0.39 is 0 Å². The summed E-state index contributed by atoms with van der Waals surface area (Å²) < 4.78 is 5.55. The molecular formula is C9H8ClIO2. The van der Waals surface area contributed by atoms with E-state index in [-0.39, 0.29) is 5.97 Å². The third-order valence-electron chi connectivity index (χ3n) is 1.71. The van der Waals surface area contributed by atoms with Gasteiger partial charge in [-0.05, 0) is 47.2 Å². The maximum atomic E-state index is 11.3. The lowest BCUT2D eigenvalue weighted by Crippen LogP contribution is -2.04. The summed E-state index contributed by atoms with van der Waals surface area (Å²) >= 11 is 8.01. The van der Waals surface area contributed by atoms with Crippen LogP contribution in [0.25, 0.3) is 0 Å². The second-order valence-corrected chi connectivity index (χ2v) is 4.20. The molecule has 0 amide bonds. The molecule has 4 heteroatoms. The monoisotopic (exact) mass is 310 g/mol. The molecule has 70 valence electrons. The fourth-order valence-corrected chi connectivity index (χ4v) is 1.99. The van der Waals surface area contributed by atoms with Gasteiger partial charge in [-0.3, -0.25) is 0 Å². The third-order valence-corrected chi connectivity index (χ3v) is 2.73. The molecule has 0 fully saturated rings. The standard InChI is InChI=1S/C9H8ClIO2/c1-5-7(9(12)13-2)3-6(11)4-8(5)10/h3-4H,1-2H3. The van der Waals surface area contributed by atoms with Crippen molar-refractivity contribution in [1.29, 1.82) is 0 Å². The molecule has 1 aromatic carbocycles. The molecule has 0 atom stereocenters. The average Bonchev–Trinajstić information content (AvgIpc) is 2.10. The number of ether oxygens (including phenoxy) is 1. The zero-order valence-electron chi connectivity index (χ0n) is 7.23. The molecule has 0 bridgehead atoms.